The number of carbonyl (C=O) groups excluding carboxylic acids is 1. The Balaban J connectivity index is 1.51. The number of urea groups is 1. The summed E-state index contributed by atoms with van der Waals surface area (Å²) in [6.07, 6.45) is 1.97. The van der Waals surface area contributed by atoms with Crippen molar-refractivity contribution in [2.45, 2.75) is 32.0 Å². The second-order valence-electron chi connectivity index (χ2n) is 6.60. The number of hydrogen-bond donors (Lipinski definition) is 1. The third-order valence-corrected chi connectivity index (χ3v) is 5.26. The SMILES string of the molecule is CN(Cc1ccsc1)C(=O)N[C@@H]1CCCN(Cc2ccccc2F)C1. The highest BCUT2D eigenvalue weighted by Gasteiger charge is 2.23. The highest BCUT2D eigenvalue weighted by molar-refractivity contribution is 7.07. The Morgan fingerprint density at radius 1 is 1.40 bits per heavy atom. The van der Waals surface area contributed by atoms with E-state index in [0.29, 0.717) is 18.7 Å². The second-order valence-corrected chi connectivity index (χ2v) is 7.38. The van der Waals surface area contributed by atoms with Gasteiger partial charge >= 0.3 is 6.03 Å². The Morgan fingerprint density at radius 3 is 3.00 bits per heavy atom. The number of nitrogens with zero attached hydrogens (tertiary/aromatic N) is 2. The maximum atomic E-state index is 13.8. The lowest BCUT2D eigenvalue weighted by molar-refractivity contribution is 0.166. The normalized spacial score (nSPS) is 18.1. The van der Waals surface area contributed by atoms with Crippen molar-refractivity contribution in [3.8, 4) is 0 Å². The molecule has 134 valence electrons. The molecule has 1 aliphatic heterocycles. The van der Waals surface area contributed by atoms with E-state index in [-0.39, 0.29) is 17.9 Å². The number of piperidine rings is 1. The highest BCUT2D eigenvalue weighted by Crippen LogP contribution is 2.16. The first kappa shape index (κ1) is 17.9. The van der Waals surface area contributed by atoms with E-state index in [0.717, 1.165) is 31.5 Å². The van der Waals surface area contributed by atoms with E-state index in [4.69, 9.17) is 0 Å². The molecule has 6 heteroatoms. The zero-order valence-corrected chi connectivity index (χ0v) is 15.3. The van der Waals surface area contributed by atoms with Crippen LogP contribution in [0.5, 0.6) is 0 Å². The van der Waals surface area contributed by atoms with Crippen molar-refractivity contribution in [1.82, 2.24) is 15.1 Å². The molecule has 25 heavy (non-hydrogen) atoms. The van der Waals surface area contributed by atoms with Gasteiger partial charge in [-0.15, -0.1) is 0 Å². The third-order valence-electron chi connectivity index (χ3n) is 4.53. The van der Waals surface area contributed by atoms with Crippen LogP contribution in [0.4, 0.5) is 9.18 Å². The molecule has 1 aromatic heterocycles. The number of rotatable bonds is 5. The molecule has 4 nitrogen and oxygen atoms in total. The number of hydrogen-bond acceptors (Lipinski definition) is 3. The van der Waals surface area contributed by atoms with Crippen LogP contribution in [0.25, 0.3) is 0 Å². The van der Waals surface area contributed by atoms with Crippen molar-refractivity contribution >= 4 is 17.4 Å². The Hall–Kier alpha value is -1.92. The summed E-state index contributed by atoms with van der Waals surface area (Å²) in [6.45, 7) is 2.89. The molecular formula is C19H24FN3OS. The molecule has 1 saturated heterocycles. The molecule has 2 heterocycles. The molecule has 0 radical (unpaired) electrons. The number of thiophene rings is 1. The predicted molar refractivity (Wildman–Crippen MR) is 99.0 cm³/mol. The second kappa shape index (κ2) is 8.45. The van der Waals surface area contributed by atoms with Gasteiger partial charge in [-0.05, 0) is 47.8 Å². The maximum Gasteiger partial charge on any atom is 0.317 e. The number of amides is 2. The van der Waals surface area contributed by atoms with E-state index in [1.54, 1.807) is 22.3 Å². The van der Waals surface area contributed by atoms with E-state index in [9.17, 15) is 9.18 Å². The van der Waals surface area contributed by atoms with Gasteiger partial charge in [0.15, 0.2) is 0 Å². The fourth-order valence-electron chi connectivity index (χ4n) is 3.20. The van der Waals surface area contributed by atoms with Gasteiger partial charge in [0, 0.05) is 38.3 Å². The number of halogens is 1. The number of benzene rings is 1. The first-order valence-corrected chi connectivity index (χ1v) is 9.54. The minimum absolute atomic E-state index is 0.0519. The number of nitrogens with one attached hydrogen (secondary N) is 1. The van der Waals surface area contributed by atoms with E-state index >= 15 is 0 Å². The molecule has 1 aromatic carbocycles. The van der Waals surface area contributed by atoms with Gasteiger partial charge in [0.05, 0.1) is 0 Å². The molecule has 1 N–H and O–H groups in total. The summed E-state index contributed by atoms with van der Waals surface area (Å²) in [7, 11) is 1.81. The van der Waals surface area contributed by atoms with E-state index in [1.807, 2.05) is 30.6 Å². The zero-order valence-electron chi connectivity index (χ0n) is 14.5. The Bertz CT molecular complexity index is 692. The smallest absolute Gasteiger partial charge is 0.317 e. The van der Waals surface area contributed by atoms with Gasteiger partial charge in [-0.2, -0.15) is 11.3 Å². The van der Waals surface area contributed by atoms with Gasteiger partial charge in [0.1, 0.15) is 5.82 Å². The first-order chi connectivity index (χ1) is 12.1. The lowest BCUT2D eigenvalue weighted by Gasteiger charge is -2.34. The molecule has 0 unspecified atom stereocenters. The number of likely N-dealkylation sites (tertiary alicyclic amines) is 1. The van der Waals surface area contributed by atoms with E-state index in [2.05, 4.69) is 15.6 Å². The van der Waals surface area contributed by atoms with Gasteiger partial charge in [-0.3, -0.25) is 4.90 Å². The summed E-state index contributed by atoms with van der Waals surface area (Å²) in [5.74, 6) is -0.163. The first-order valence-electron chi connectivity index (χ1n) is 8.60. The summed E-state index contributed by atoms with van der Waals surface area (Å²) in [6, 6.07) is 8.99. The zero-order chi connectivity index (χ0) is 17.6. The molecule has 1 fully saturated rings. The van der Waals surface area contributed by atoms with Crippen molar-refractivity contribution in [1.29, 1.82) is 0 Å². The molecule has 1 aliphatic rings. The molecule has 2 aromatic rings. The van der Waals surface area contributed by atoms with Crippen molar-refractivity contribution in [2.24, 2.45) is 0 Å². The van der Waals surface area contributed by atoms with Gasteiger partial charge in [0.2, 0.25) is 0 Å². The minimum Gasteiger partial charge on any atom is -0.334 e. The van der Waals surface area contributed by atoms with Crippen LogP contribution in [0, 0.1) is 5.82 Å². The molecule has 3 rings (SSSR count). The molecule has 1 atom stereocenters. The lowest BCUT2D eigenvalue weighted by atomic mass is 10.0. The quantitative estimate of drug-likeness (QED) is 0.881. The lowest BCUT2D eigenvalue weighted by Crippen LogP contribution is -2.50. The summed E-state index contributed by atoms with van der Waals surface area (Å²) in [5, 5.41) is 7.19. The summed E-state index contributed by atoms with van der Waals surface area (Å²) < 4.78 is 13.8. The summed E-state index contributed by atoms with van der Waals surface area (Å²) >= 11 is 1.64. The van der Waals surface area contributed by atoms with Crippen LogP contribution in [-0.4, -0.2) is 42.0 Å². The topological polar surface area (TPSA) is 35.6 Å². The van der Waals surface area contributed by atoms with Crippen molar-refractivity contribution in [3.63, 3.8) is 0 Å². The van der Waals surface area contributed by atoms with E-state index in [1.165, 1.54) is 6.07 Å². The van der Waals surface area contributed by atoms with Crippen molar-refractivity contribution < 1.29 is 9.18 Å². The van der Waals surface area contributed by atoms with Gasteiger partial charge < -0.3 is 10.2 Å². The minimum atomic E-state index is -0.163. The van der Waals surface area contributed by atoms with Crippen LogP contribution in [0.2, 0.25) is 0 Å². The largest absolute Gasteiger partial charge is 0.334 e. The summed E-state index contributed by atoms with van der Waals surface area (Å²) in [4.78, 5) is 16.3. The standard InChI is InChI=1S/C19H24FN3OS/c1-22(11-15-8-10-25-14-15)19(24)21-17-6-4-9-23(13-17)12-16-5-2-3-7-18(16)20/h2-3,5,7-8,10,14,17H,4,6,9,11-13H2,1H3,(H,21,24)/t17-/m1/s1. The average molecular weight is 361 g/mol. The van der Waals surface area contributed by atoms with Gasteiger partial charge in [-0.1, -0.05) is 18.2 Å². The van der Waals surface area contributed by atoms with Crippen molar-refractivity contribution in [2.75, 3.05) is 20.1 Å². The van der Waals surface area contributed by atoms with Crippen LogP contribution in [-0.2, 0) is 13.1 Å². The third kappa shape index (κ3) is 5.03. The van der Waals surface area contributed by atoms with Crippen molar-refractivity contribution in [3.05, 3.63) is 58.0 Å². The van der Waals surface area contributed by atoms with Crippen LogP contribution >= 0.6 is 11.3 Å². The van der Waals surface area contributed by atoms with Crippen LogP contribution in [0.15, 0.2) is 41.1 Å². The molecule has 0 bridgehead atoms. The van der Waals surface area contributed by atoms with Crippen LogP contribution < -0.4 is 5.32 Å². The predicted octanol–water partition coefficient (Wildman–Crippen LogP) is 3.69. The van der Waals surface area contributed by atoms with Gasteiger partial charge in [-0.25, -0.2) is 9.18 Å². The molecule has 0 aliphatic carbocycles. The van der Waals surface area contributed by atoms with Gasteiger partial charge in [0.25, 0.3) is 0 Å². The maximum absolute atomic E-state index is 13.8. The molecule has 2 amide bonds. The Kier molecular flexibility index (Phi) is 6.04. The molecular weight excluding hydrogens is 337 g/mol. The molecule has 0 saturated carbocycles. The Labute approximate surface area is 152 Å². The fraction of sp³-hybridized carbons (Fsp3) is 0.421. The fourth-order valence-corrected chi connectivity index (χ4v) is 3.86. The highest BCUT2D eigenvalue weighted by atomic mass is 32.1. The number of carbonyl (C=O) groups is 1. The van der Waals surface area contributed by atoms with Crippen LogP contribution in [0.1, 0.15) is 24.0 Å². The average Bonchev–Trinajstić information content (AvgIpc) is 3.10. The molecule has 0 spiro atoms. The summed E-state index contributed by atoms with van der Waals surface area (Å²) in [5.41, 5.74) is 1.86. The Morgan fingerprint density at radius 2 is 2.24 bits per heavy atom. The monoisotopic (exact) mass is 361 g/mol. The van der Waals surface area contributed by atoms with E-state index < -0.39 is 0 Å². The van der Waals surface area contributed by atoms with Crippen LogP contribution in [0.3, 0.4) is 0 Å².